The van der Waals surface area contributed by atoms with E-state index >= 15 is 0 Å². The van der Waals surface area contributed by atoms with E-state index < -0.39 is 5.97 Å². The van der Waals surface area contributed by atoms with E-state index in [-0.39, 0.29) is 0 Å². The van der Waals surface area contributed by atoms with Crippen molar-refractivity contribution in [3.63, 3.8) is 0 Å². The van der Waals surface area contributed by atoms with E-state index in [9.17, 15) is 4.79 Å². The molecule has 2 heteroatoms. The van der Waals surface area contributed by atoms with Crippen LogP contribution in [-0.2, 0) is 4.79 Å². The highest BCUT2D eigenvalue weighted by atomic mass is 16.4. The Labute approximate surface area is 102 Å². The molecule has 0 aliphatic rings. The maximum atomic E-state index is 9.76. The molecule has 90 valence electrons. The summed E-state index contributed by atoms with van der Waals surface area (Å²) in [5.74, 6) is -0.693. The molecule has 0 aliphatic carbocycles. The van der Waals surface area contributed by atoms with Crippen LogP contribution in [0.5, 0.6) is 0 Å². The molecule has 0 amide bonds. The molecule has 0 fully saturated rings. The van der Waals surface area contributed by atoms with Crippen molar-refractivity contribution in [2.24, 2.45) is 0 Å². The van der Waals surface area contributed by atoms with Crippen LogP contribution in [0.15, 0.2) is 48.5 Å². The van der Waals surface area contributed by atoms with Gasteiger partial charge in [-0.2, -0.15) is 0 Å². The number of carboxylic acids is 1. The molecule has 0 saturated carbocycles. The van der Waals surface area contributed by atoms with Crippen molar-refractivity contribution in [2.45, 2.75) is 26.2 Å². The lowest BCUT2D eigenvalue weighted by Crippen LogP contribution is -1.91. The highest BCUT2D eigenvalue weighted by Gasteiger charge is 1.90. The zero-order valence-corrected chi connectivity index (χ0v) is 10.1. The first-order valence-electron chi connectivity index (χ1n) is 5.89. The second-order valence-electron chi connectivity index (χ2n) is 3.84. The predicted octanol–water partition coefficient (Wildman–Crippen LogP) is 4.10. The molecule has 1 N–H and O–H groups in total. The summed E-state index contributed by atoms with van der Waals surface area (Å²) in [7, 11) is 0. The second-order valence-corrected chi connectivity index (χ2v) is 3.84. The smallest absolute Gasteiger partial charge is 0.303 e. The van der Waals surface area contributed by atoms with Crippen molar-refractivity contribution in [1.29, 1.82) is 0 Å². The number of aliphatic carboxylic acids is 1. The Morgan fingerprint density at radius 1 is 1.00 bits per heavy atom. The van der Waals surface area contributed by atoms with Gasteiger partial charge in [-0.3, -0.25) is 4.79 Å². The van der Waals surface area contributed by atoms with Gasteiger partial charge < -0.3 is 5.11 Å². The number of hydrogen-bond donors (Lipinski definition) is 1. The van der Waals surface area contributed by atoms with Gasteiger partial charge in [-0.25, -0.2) is 0 Å². The number of fused-ring (bicyclic) bond motifs is 1. The second kappa shape index (κ2) is 7.44. The number of benzene rings is 2. The Morgan fingerprint density at radius 3 is 1.65 bits per heavy atom. The molecule has 17 heavy (non-hydrogen) atoms. The summed E-state index contributed by atoms with van der Waals surface area (Å²) in [4.78, 5) is 9.76. The SMILES string of the molecule is CCCCC(=O)O.c1ccc2ccccc2c1. The lowest BCUT2D eigenvalue weighted by molar-refractivity contribution is -0.137. The number of rotatable bonds is 3. The van der Waals surface area contributed by atoms with Crippen LogP contribution < -0.4 is 0 Å². The molecule has 0 bridgehead atoms. The standard InChI is InChI=1S/C10H8.C5H10O2/c1-2-6-10-8-4-3-7-9(10)5-1;1-2-3-4-5(6)7/h1-8H;2-4H2,1H3,(H,6,7). The molecule has 2 aromatic carbocycles. The summed E-state index contributed by atoms with van der Waals surface area (Å²) < 4.78 is 0. The first-order valence-corrected chi connectivity index (χ1v) is 5.89. The third-order valence-corrected chi connectivity index (χ3v) is 2.40. The average molecular weight is 230 g/mol. The van der Waals surface area contributed by atoms with E-state index in [1.54, 1.807) is 0 Å². The molecule has 2 rings (SSSR count). The molecule has 0 spiro atoms. The van der Waals surface area contributed by atoms with Crippen molar-refractivity contribution < 1.29 is 9.90 Å². The van der Waals surface area contributed by atoms with E-state index in [1.165, 1.54) is 10.8 Å². The van der Waals surface area contributed by atoms with Crippen molar-refractivity contribution in [3.8, 4) is 0 Å². The molecule has 0 heterocycles. The number of unbranched alkanes of at least 4 members (excludes halogenated alkanes) is 1. The average Bonchev–Trinajstić information content (AvgIpc) is 2.37. The Morgan fingerprint density at radius 2 is 1.41 bits per heavy atom. The summed E-state index contributed by atoms with van der Waals surface area (Å²) in [5.41, 5.74) is 0. The summed E-state index contributed by atoms with van der Waals surface area (Å²) in [6.07, 6.45) is 2.08. The molecule has 0 atom stereocenters. The van der Waals surface area contributed by atoms with Crippen molar-refractivity contribution >= 4 is 16.7 Å². The molecule has 0 aromatic heterocycles. The highest BCUT2D eigenvalue weighted by molar-refractivity contribution is 5.81. The normalized spacial score (nSPS) is 9.47. The van der Waals surface area contributed by atoms with Crippen LogP contribution in [0.2, 0.25) is 0 Å². The zero-order chi connectivity index (χ0) is 12.5. The molecule has 0 radical (unpaired) electrons. The van der Waals surface area contributed by atoms with Gasteiger partial charge in [0.1, 0.15) is 0 Å². The van der Waals surface area contributed by atoms with Gasteiger partial charge in [0.25, 0.3) is 0 Å². The summed E-state index contributed by atoms with van der Waals surface area (Å²) in [6, 6.07) is 16.7. The maximum absolute atomic E-state index is 9.76. The Bertz CT molecular complexity index is 398. The topological polar surface area (TPSA) is 37.3 Å². The third kappa shape index (κ3) is 5.16. The van der Waals surface area contributed by atoms with Gasteiger partial charge in [0.15, 0.2) is 0 Å². The van der Waals surface area contributed by atoms with Crippen LogP contribution >= 0.6 is 0 Å². The van der Waals surface area contributed by atoms with E-state index in [0.717, 1.165) is 12.8 Å². The minimum Gasteiger partial charge on any atom is -0.481 e. The number of carbonyl (C=O) groups is 1. The fourth-order valence-corrected chi connectivity index (χ4v) is 1.46. The molecule has 0 saturated heterocycles. The predicted molar refractivity (Wildman–Crippen MR) is 71.1 cm³/mol. The van der Waals surface area contributed by atoms with Gasteiger partial charge in [-0.05, 0) is 17.2 Å². The molecule has 2 nitrogen and oxygen atoms in total. The first kappa shape index (κ1) is 13.2. The van der Waals surface area contributed by atoms with Crippen LogP contribution in [0, 0.1) is 0 Å². The lowest BCUT2D eigenvalue weighted by atomic mass is 10.1. The Hall–Kier alpha value is -1.83. The molecular formula is C15H18O2. The first-order chi connectivity index (χ1) is 8.24. The van der Waals surface area contributed by atoms with Crippen molar-refractivity contribution in [1.82, 2.24) is 0 Å². The quantitative estimate of drug-likeness (QED) is 0.861. The van der Waals surface area contributed by atoms with Gasteiger partial charge in [0, 0.05) is 6.42 Å². The summed E-state index contributed by atoms with van der Waals surface area (Å²) in [5, 5.41) is 10.7. The van der Waals surface area contributed by atoms with Crippen molar-refractivity contribution in [2.75, 3.05) is 0 Å². The fourth-order valence-electron chi connectivity index (χ4n) is 1.46. The van der Waals surface area contributed by atoms with Crippen molar-refractivity contribution in [3.05, 3.63) is 48.5 Å². The van der Waals surface area contributed by atoms with Gasteiger partial charge >= 0.3 is 5.97 Å². The molecular weight excluding hydrogens is 212 g/mol. The minimum atomic E-state index is -0.693. The van der Waals surface area contributed by atoms with Crippen LogP contribution in [-0.4, -0.2) is 11.1 Å². The third-order valence-electron chi connectivity index (χ3n) is 2.40. The zero-order valence-electron chi connectivity index (χ0n) is 10.1. The van der Waals surface area contributed by atoms with E-state index in [4.69, 9.17) is 5.11 Å². The minimum absolute atomic E-state index is 0.316. The summed E-state index contributed by atoms with van der Waals surface area (Å²) in [6.45, 7) is 1.98. The van der Waals surface area contributed by atoms with E-state index in [1.807, 2.05) is 6.92 Å². The van der Waals surface area contributed by atoms with Gasteiger partial charge in [-0.1, -0.05) is 61.9 Å². The number of carboxylic acid groups (broad SMARTS) is 1. The van der Waals surface area contributed by atoms with Crippen LogP contribution in [0.4, 0.5) is 0 Å². The fraction of sp³-hybridized carbons (Fsp3) is 0.267. The van der Waals surface area contributed by atoms with E-state index in [2.05, 4.69) is 48.5 Å². The van der Waals surface area contributed by atoms with Crippen LogP contribution in [0.1, 0.15) is 26.2 Å². The summed E-state index contributed by atoms with van der Waals surface area (Å²) >= 11 is 0. The molecule has 0 aliphatic heterocycles. The number of hydrogen-bond acceptors (Lipinski definition) is 1. The molecule has 0 unspecified atom stereocenters. The lowest BCUT2D eigenvalue weighted by Gasteiger charge is -1.92. The van der Waals surface area contributed by atoms with Crippen LogP contribution in [0.25, 0.3) is 10.8 Å². The Kier molecular flexibility index (Phi) is 5.80. The maximum Gasteiger partial charge on any atom is 0.303 e. The van der Waals surface area contributed by atoms with Gasteiger partial charge in [0.2, 0.25) is 0 Å². The van der Waals surface area contributed by atoms with E-state index in [0.29, 0.717) is 6.42 Å². The highest BCUT2D eigenvalue weighted by Crippen LogP contribution is 2.11. The monoisotopic (exact) mass is 230 g/mol. The Balaban J connectivity index is 0.000000185. The molecule has 2 aromatic rings. The largest absolute Gasteiger partial charge is 0.481 e. The van der Waals surface area contributed by atoms with Gasteiger partial charge in [0.05, 0.1) is 0 Å². The van der Waals surface area contributed by atoms with Gasteiger partial charge in [-0.15, -0.1) is 0 Å². The van der Waals surface area contributed by atoms with Crippen LogP contribution in [0.3, 0.4) is 0 Å².